The third-order valence-corrected chi connectivity index (χ3v) is 5.71. The Balaban J connectivity index is 1.44. The standard InChI is InChI=1S/C20H27N3O2/c1-14(15-8-9-15)23(16-10-11-16)13-19(24)21-17-5-2-3-6-18(17)22-12-4-7-20(22)25/h2-3,5-6,14-16H,4,7-13H2,1H3,(H,21,24). The van der Waals surface area contributed by atoms with Gasteiger partial charge in [0, 0.05) is 25.0 Å². The van der Waals surface area contributed by atoms with Crippen LogP contribution < -0.4 is 10.2 Å². The summed E-state index contributed by atoms with van der Waals surface area (Å²) in [5, 5.41) is 3.06. The second-order valence-electron chi connectivity index (χ2n) is 7.70. The van der Waals surface area contributed by atoms with Crippen LogP contribution in [-0.4, -0.2) is 41.9 Å². The molecule has 1 aromatic carbocycles. The van der Waals surface area contributed by atoms with Gasteiger partial charge in [-0.25, -0.2) is 0 Å². The zero-order chi connectivity index (χ0) is 17.4. The zero-order valence-corrected chi connectivity index (χ0v) is 14.9. The quantitative estimate of drug-likeness (QED) is 0.829. The van der Waals surface area contributed by atoms with Gasteiger partial charge in [0.25, 0.3) is 0 Å². The van der Waals surface area contributed by atoms with Gasteiger partial charge in [0.05, 0.1) is 17.9 Å². The van der Waals surface area contributed by atoms with Gasteiger partial charge in [0.2, 0.25) is 11.8 Å². The molecule has 4 rings (SSSR count). The summed E-state index contributed by atoms with van der Waals surface area (Å²) in [7, 11) is 0. The number of carbonyl (C=O) groups is 2. The third kappa shape index (κ3) is 3.71. The van der Waals surface area contributed by atoms with E-state index in [-0.39, 0.29) is 11.8 Å². The SMILES string of the molecule is CC(C1CC1)N(CC(=O)Nc1ccccc1N1CCCC1=O)C1CC1. The van der Waals surface area contributed by atoms with Crippen molar-refractivity contribution in [2.45, 2.75) is 57.5 Å². The van der Waals surface area contributed by atoms with Crippen LogP contribution >= 0.6 is 0 Å². The Morgan fingerprint density at radius 1 is 1.28 bits per heavy atom. The average Bonchev–Trinajstić information content (AvgIpc) is 3.51. The summed E-state index contributed by atoms with van der Waals surface area (Å²) in [6.45, 7) is 3.45. The molecule has 1 heterocycles. The summed E-state index contributed by atoms with van der Waals surface area (Å²) in [6.07, 6.45) is 6.50. The van der Waals surface area contributed by atoms with E-state index in [1.807, 2.05) is 24.3 Å². The molecule has 0 radical (unpaired) electrons. The van der Waals surface area contributed by atoms with Crippen molar-refractivity contribution in [3.8, 4) is 0 Å². The van der Waals surface area contributed by atoms with Gasteiger partial charge in [-0.2, -0.15) is 0 Å². The van der Waals surface area contributed by atoms with Crippen LogP contribution in [0.3, 0.4) is 0 Å². The van der Waals surface area contributed by atoms with Crippen LogP contribution in [0.15, 0.2) is 24.3 Å². The number of amides is 2. The highest BCUT2D eigenvalue weighted by atomic mass is 16.2. The molecule has 0 spiro atoms. The van der Waals surface area contributed by atoms with E-state index >= 15 is 0 Å². The van der Waals surface area contributed by atoms with E-state index in [4.69, 9.17) is 0 Å². The van der Waals surface area contributed by atoms with Gasteiger partial charge < -0.3 is 10.2 Å². The molecular formula is C20H27N3O2. The predicted octanol–water partition coefficient (Wildman–Crippen LogP) is 3.01. The first-order valence-electron chi connectivity index (χ1n) is 9.58. The molecule has 134 valence electrons. The Bertz CT molecular complexity index is 667. The number of nitrogens with zero attached hydrogens (tertiary/aromatic N) is 2. The summed E-state index contributed by atoms with van der Waals surface area (Å²) in [5.41, 5.74) is 1.57. The molecule has 1 saturated heterocycles. The predicted molar refractivity (Wildman–Crippen MR) is 98.6 cm³/mol. The van der Waals surface area contributed by atoms with Crippen molar-refractivity contribution in [1.29, 1.82) is 0 Å². The second kappa shape index (κ2) is 6.79. The molecule has 3 aliphatic rings. The fraction of sp³-hybridized carbons (Fsp3) is 0.600. The molecule has 2 amide bonds. The van der Waals surface area contributed by atoms with Gasteiger partial charge in [-0.1, -0.05) is 12.1 Å². The van der Waals surface area contributed by atoms with E-state index in [1.165, 1.54) is 25.7 Å². The van der Waals surface area contributed by atoms with Gasteiger partial charge in [0.1, 0.15) is 0 Å². The first kappa shape index (κ1) is 16.6. The topological polar surface area (TPSA) is 52.7 Å². The smallest absolute Gasteiger partial charge is 0.238 e. The summed E-state index contributed by atoms with van der Waals surface area (Å²) in [6, 6.07) is 8.72. The summed E-state index contributed by atoms with van der Waals surface area (Å²) < 4.78 is 0. The Kier molecular flexibility index (Phi) is 4.50. The van der Waals surface area contributed by atoms with Crippen LogP contribution in [-0.2, 0) is 9.59 Å². The average molecular weight is 341 g/mol. The van der Waals surface area contributed by atoms with E-state index in [0.717, 1.165) is 30.3 Å². The Labute approximate surface area is 149 Å². The maximum Gasteiger partial charge on any atom is 0.238 e. The van der Waals surface area contributed by atoms with Crippen LogP contribution in [0.4, 0.5) is 11.4 Å². The van der Waals surface area contributed by atoms with E-state index in [9.17, 15) is 9.59 Å². The van der Waals surface area contributed by atoms with Crippen molar-refractivity contribution in [3.63, 3.8) is 0 Å². The molecule has 1 aliphatic heterocycles. The number of rotatable bonds is 7. The Morgan fingerprint density at radius 2 is 2.04 bits per heavy atom. The molecule has 0 aromatic heterocycles. The van der Waals surface area contributed by atoms with Crippen LogP contribution in [0.25, 0.3) is 0 Å². The molecule has 25 heavy (non-hydrogen) atoms. The highest BCUT2D eigenvalue weighted by Crippen LogP contribution is 2.39. The lowest BCUT2D eigenvalue weighted by Crippen LogP contribution is -2.42. The fourth-order valence-electron chi connectivity index (χ4n) is 3.93. The van der Waals surface area contributed by atoms with Gasteiger partial charge in [-0.05, 0) is 57.1 Å². The van der Waals surface area contributed by atoms with E-state index in [0.29, 0.717) is 25.0 Å². The lowest BCUT2D eigenvalue weighted by molar-refractivity contribution is -0.118. The molecule has 0 bridgehead atoms. The Hall–Kier alpha value is -1.88. The molecule has 1 unspecified atom stereocenters. The molecule has 2 saturated carbocycles. The highest BCUT2D eigenvalue weighted by molar-refractivity contribution is 6.02. The number of para-hydroxylation sites is 2. The van der Waals surface area contributed by atoms with Gasteiger partial charge in [0.15, 0.2) is 0 Å². The summed E-state index contributed by atoms with van der Waals surface area (Å²) >= 11 is 0. The number of anilines is 2. The first-order chi connectivity index (χ1) is 12.1. The molecule has 3 fully saturated rings. The molecule has 1 N–H and O–H groups in total. The summed E-state index contributed by atoms with van der Waals surface area (Å²) in [5.74, 6) is 0.935. The van der Waals surface area contributed by atoms with Crippen LogP contribution in [0.1, 0.15) is 45.4 Å². The Morgan fingerprint density at radius 3 is 2.68 bits per heavy atom. The largest absolute Gasteiger partial charge is 0.323 e. The molecule has 5 nitrogen and oxygen atoms in total. The maximum absolute atomic E-state index is 12.7. The molecule has 1 aromatic rings. The maximum atomic E-state index is 12.7. The van der Waals surface area contributed by atoms with Gasteiger partial charge in [-0.15, -0.1) is 0 Å². The second-order valence-corrected chi connectivity index (χ2v) is 7.70. The monoisotopic (exact) mass is 341 g/mol. The number of hydrogen-bond donors (Lipinski definition) is 1. The minimum Gasteiger partial charge on any atom is -0.323 e. The molecular weight excluding hydrogens is 314 g/mol. The fourth-order valence-corrected chi connectivity index (χ4v) is 3.93. The summed E-state index contributed by atoms with van der Waals surface area (Å²) in [4.78, 5) is 28.9. The molecule has 1 atom stereocenters. The van der Waals surface area contributed by atoms with Crippen molar-refractivity contribution < 1.29 is 9.59 Å². The molecule has 5 heteroatoms. The lowest BCUT2D eigenvalue weighted by atomic mass is 10.1. The van der Waals surface area contributed by atoms with Crippen molar-refractivity contribution >= 4 is 23.2 Å². The number of nitrogens with one attached hydrogen (secondary N) is 1. The minimum atomic E-state index is 0.0264. The van der Waals surface area contributed by atoms with E-state index in [2.05, 4.69) is 17.1 Å². The molecule has 2 aliphatic carbocycles. The van der Waals surface area contributed by atoms with Crippen molar-refractivity contribution in [1.82, 2.24) is 4.90 Å². The number of carbonyl (C=O) groups excluding carboxylic acids is 2. The van der Waals surface area contributed by atoms with Gasteiger partial charge >= 0.3 is 0 Å². The van der Waals surface area contributed by atoms with Gasteiger partial charge in [-0.3, -0.25) is 14.5 Å². The zero-order valence-electron chi connectivity index (χ0n) is 14.9. The van der Waals surface area contributed by atoms with Crippen LogP contribution in [0.2, 0.25) is 0 Å². The van der Waals surface area contributed by atoms with Crippen molar-refractivity contribution in [3.05, 3.63) is 24.3 Å². The first-order valence-corrected chi connectivity index (χ1v) is 9.58. The van der Waals surface area contributed by atoms with Crippen molar-refractivity contribution in [2.24, 2.45) is 5.92 Å². The lowest BCUT2D eigenvalue weighted by Gasteiger charge is -2.29. The van der Waals surface area contributed by atoms with E-state index < -0.39 is 0 Å². The normalized spacial score (nSPS) is 21.7. The number of benzene rings is 1. The minimum absolute atomic E-state index is 0.0264. The van der Waals surface area contributed by atoms with Crippen LogP contribution in [0, 0.1) is 5.92 Å². The van der Waals surface area contributed by atoms with Crippen LogP contribution in [0.5, 0.6) is 0 Å². The number of hydrogen-bond acceptors (Lipinski definition) is 3. The highest BCUT2D eigenvalue weighted by Gasteiger charge is 2.39. The van der Waals surface area contributed by atoms with E-state index in [1.54, 1.807) is 4.90 Å². The third-order valence-electron chi connectivity index (χ3n) is 5.71. The van der Waals surface area contributed by atoms with Crippen molar-refractivity contribution in [2.75, 3.05) is 23.3 Å².